The van der Waals surface area contributed by atoms with Gasteiger partial charge in [0.05, 0.1) is 6.34 Å². The van der Waals surface area contributed by atoms with Gasteiger partial charge in [-0.05, 0) is 88.3 Å². The molecule has 2 aliphatic rings. The Balaban J connectivity index is 0.000000424. The second-order valence-electron chi connectivity index (χ2n) is 8.14. The van der Waals surface area contributed by atoms with Crippen molar-refractivity contribution in [1.82, 2.24) is 10.2 Å². The first-order valence-corrected chi connectivity index (χ1v) is 12.2. The topological polar surface area (TPSA) is 57.1 Å². The van der Waals surface area contributed by atoms with Crippen LogP contribution in [0.1, 0.15) is 57.8 Å². The summed E-state index contributed by atoms with van der Waals surface area (Å²) in [6.45, 7) is 6.69. The predicted molar refractivity (Wildman–Crippen MR) is 119 cm³/mol. The fourth-order valence-corrected chi connectivity index (χ4v) is 4.13. The maximum absolute atomic E-state index is 11.3. The van der Waals surface area contributed by atoms with E-state index in [9.17, 15) is 13.2 Å². The third-order valence-corrected chi connectivity index (χ3v) is 6.13. The van der Waals surface area contributed by atoms with Crippen LogP contribution < -0.4 is 5.32 Å². The lowest BCUT2D eigenvalue weighted by Gasteiger charge is -2.30. The van der Waals surface area contributed by atoms with Crippen molar-refractivity contribution in [2.75, 3.05) is 52.2 Å². The summed E-state index contributed by atoms with van der Waals surface area (Å²) in [5, 5.41) is 3.42. The quantitative estimate of drug-likeness (QED) is 0.197. The van der Waals surface area contributed by atoms with Crippen LogP contribution in [0.15, 0.2) is 4.99 Å². The molecule has 5 nitrogen and oxygen atoms in total. The number of likely N-dealkylation sites (tertiary alicyclic amines) is 1. The molecule has 2 rings (SSSR count). The molecule has 0 aromatic carbocycles. The second kappa shape index (κ2) is 17.1. The van der Waals surface area contributed by atoms with Gasteiger partial charge in [-0.25, -0.2) is 0 Å². The maximum Gasteiger partial charge on any atom is 0.389 e. The number of rotatable bonds is 11. The molecule has 0 aromatic rings. The Bertz CT molecular complexity index is 428. The fraction of sp³-hybridized carbons (Fsp3) is 0.952. The van der Waals surface area contributed by atoms with Gasteiger partial charge in [-0.1, -0.05) is 0 Å². The van der Waals surface area contributed by atoms with Crippen LogP contribution in [0, 0.1) is 11.8 Å². The Morgan fingerprint density at radius 1 is 1.07 bits per heavy atom. The van der Waals surface area contributed by atoms with E-state index in [1.165, 1.54) is 71.1 Å². The van der Waals surface area contributed by atoms with E-state index in [0.717, 1.165) is 25.0 Å². The third kappa shape index (κ3) is 15.3. The molecular formula is C21H40F3N3O2S. The number of ether oxygens (including phenoxy) is 1. The molecule has 0 spiro atoms. The Labute approximate surface area is 184 Å². The van der Waals surface area contributed by atoms with Crippen LogP contribution in [0.3, 0.4) is 0 Å². The van der Waals surface area contributed by atoms with Gasteiger partial charge in [0.25, 0.3) is 0 Å². The molecule has 0 bridgehead atoms. The molecule has 2 saturated heterocycles. The zero-order valence-electron chi connectivity index (χ0n) is 18.3. The summed E-state index contributed by atoms with van der Waals surface area (Å²) in [5.74, 6) is 1.95. The smallest absolute Gasteiger partial charge is 0.381 e. The number of nitrogens with zero attached hydrogens (tertiary/aromatic N) is 2. The molecule has 0 saturated carbocycles. The van der Waals surface area contributed by atoms with Gasteiger partial charge in [0.2, 0.25) is 0 Å². The van der Waals surface area contributed by atoms with Gasteiger partial charge in [-0.15, -0.1) is 0 Å². The van der Waals surface area contributed by atoms with E-state index < -0.39 is 12.6 Å². The molecule has 2 heterocycles. The summed E-state index contributed by atoms with van der Waals surface area (Å²) in [5.41, 5.74) is 0. The van der Waals surface area contributed by atoms with Crippen molar-refractivity contribution in [1.29, 1.82) is 0 Å². The highest BCUT2D eigenvalue weighted by Gasteiger charge is 2.25. The molecule has 2 fully saturated rings. The molecule has 0 amide bonds. The van der Waals surface area contributed by atoms with E-state index in [-0.39, 0.29) is 12.2 Å². The van der Waals surface area contributed by atoms with E-state index >= 15 is 0 Å². The average molecular weight is 456 g/mol. The van der Waals surface area contributed by atoms with Gasteiger partial charge in [0.15, 0.2) is 0 Å². The fourth-order valence-electron chi connectivity index (χ4n) is 3.85. The van der Waals surface area contributed by atoms with E-state index in [1.54, 1.807) is 0 Å². The zero-order chi connectivity index (χ0) is 22.1. The molecule has 178 valence electrons. The summed E-state index contributed by atoms with van der Waals surface area (Å²) in [7, 11) is 1.85. The van der Waals surface area contributed by atoms with E-state index in [2.05, 4.69) is 15.2 Å². The Morgan fingerprint density at radius 2 is 1.73 bits per heavy atom. The molecule has 2 aliphatic heterocycles. The van der Waals surface area contributed by atoms with Gasteiger partial charge in [-0.3, -0.25) is 4.99 Å². The van der Waals surface area contributed by atoms with Crippen LogP contribution in [0.4, 0.5) is 13.2 Å². The molecule has 0 aromatic heterocycles. The van der Waals surface area contributed by atoms with Crippen molar-refractivity contribution < 1.29 is 22.5 Å². The third-order valence-electron chi connectivity index (χ3n) is 5.65. The molecular weight excluding hydrogens is 415 g/mol. The molecule has 2 N–H and O–H groups in total. The first kappa shape index (κ1) is 27.5. The van der Waals surface area contributed by atoms with E-state index in [4.69, 9.17) is 9.29 Å². The maximum atomic E-state index is 11.3. The summed E-state index contributed by atoms with van der Waals surface area (Å²) in [6.07, 6.45) is 6.24. The number of hydrogen-bond donors (Lipinski definition) is 2. The first-order valence-electron chi connectivity index (χ1n) is 11.2. The highest BCUT2D eigenvalue weighted by atomic mass is 32.2. The minimum Gasteiger partial charge on any atom is -0.381 e. The van der Waals surface area contributed by atoms with Gasteiger partial charge in [0.1, 0.15) is 0 Å². The van der Waals surface area contributed by atoms with Crippen LogP contribution in [0.2, 0.25) is 0 Å². The Kier molecular flexibility index (Phi) is 15.7. The standard InChI is InChI=1S/C17H33N3O.C4H7F3OS/c1-18-15-20-11-6-16(7-12-20)3-2-13-21-14-8-17-4-9-19-10-5-17;5-4(6,7)2-1-3-9-8/h15-17,19H,2-14H2,1H3;8H,1-3H2. The van der Waals surface area contributed by atoms with Gasteiger partial charge >= 0.3 is 6.18 Å². The minimum absolute atomic E-state index is 0.00926. The van der Waals surface area contributed by atoms with Crippen LogP contribution in [-0.4, -0.2) is 74.2 Å². The summed E-state index contributed by atoms with van der Waals surface area (Å²) < 4.78 is 47.7. The summed E-state index contributed by atoms with van der Waals surface area (Å²) in [6, 6.07) is 0. The number of halogens is 3. The molecule has 9 heteroatoms. The normalized spacial score (nSPS) is 19.2. The minimum atomic E-state index is -4.07. The SMILES string of the molecule is CN=CN1CCC(CCCOCCC2CCNCC2)CC1.OSCCCC(F)(F)F. The monoisotopic (exact) mass is 455 g/mol. The van der Waals surface area contributed by atoms with Crippen molar-refractivity contribution in [3.05, 3.63) is 0 Å². The van der Waals surface area contributed by atoms with Crippen LogP contribution in [0.5, 0.6) is 0 Å². The molecule has 0 aliphatic carbocycles. The Morgan fingerprint density at radius 3 is 2.33 bits per heavy atom. The average Bonchev–Trinajstić information content (AvgIpc) is 2.73. The van der Waals surface area contributed by atoms with Crippen molar-refractivity contribution in [2.24, 2.45) is 16.8 Å². The Hall–Kier alpha value is -0.510. The number of nitrogens with one attached hydrogen (secondary N) is 1. The zero-order valence-corrected chi connectivity index (χ0v) is 19.2. The van der Waals surface area contributed by atoms with Crippen molar-refractivity contribution >= 4 is 18.4 Å². The van der Waals surface area contributed by atoms with Gasteiger partial charge in [-0.2, -0.15) is 13.2 Å². The molecule has 0 atom stereocenters. The number of alkyl halides is 3. The van der Waals surface area contributed by atoms with Crippen molar-refractivity contribution in [3.63, 3.8) is 0 Å². The van der Waals surface area contributed by atoms with Crippen molar-refractivity contribution in [3.8, 4) is 0 Å². The van der Waals surface area contributed by atoms with Crippen LogP contribution in [0.25, 0.3) is 0 Å². The summed E-state index contributed by atoms with van der Waals surface area (Å²) in [4.78, 5) is 6.44. The van der Waals surface area contributed by atoms with Gasteiger partial charge < -0.3 is 19.5 Å². The summed E-state index contributed by atoms with van der Waals surface area (Å²) >= 11 is 0.442. The highest BCUT2D eigenvalue weighted by molar-refractivity contribution is 7.93. The lowest BCUT2D eigenvalue weighted by atomic mass is 9.92. The first-order chi connectivity index (χ1) is 14.4. The predicted octanol–water partition coefficient (Wildman–Crippen LogP) is 5.08. The number of hydrogen-bond acceptors (Lipinski definition) is 5. The lowest BCUT2D eigenvalue weighted by Crippen LogP contribution is -2.32. The second-order valence-corrected chi connectivity index (χ2v) is 8.81. The highest BCUT2D eigenvalue weighted by Crippen LogP contribution is 2.22. The molecule has 30 heavy (non-hydrogen) atoms. The van der Waals surface area contributed by atoms with Crippen LogP contribution in [-0.2, 0) is 4.74 Å². The lowest BCUT2D eigenvalue weighted by molar-refractivity contribution is -0.134. The molecule has 0 radical (unpaired) electrons. The number of aliphatic imine (C=N–C) groups is 1. The van der Waals surface area contributed by atoms with E-state index in [0.29, 0.717) is 12.0 Å². The van der Waals surface area contributed by atoms with Gasteiger partial charge in [0, 0.05) is 45.5 Å². The molecule has 0 unspecified atom stereocenters. The largest absolute Gasteiger partial charge is 0.389 e. The number of piperidine rings is 2. The van der Waals surface area contributed by atoms with Crippen LogP contribution >= 0.6 is 12.0 Å². The van der Waals surface area contributed by atoms with Crippen molar-refractivity contribution in [2.45, 2.75) is 64.0 Å². The van der Waals surface area contributed by atoms with E-state index in [1.807, 2.05) is 13.4 Å².